The monoisotopic (exact) mass is 348 g/mol. The van der Waals surface area contributed by atoms with Gasteiger partial charge in [-0.1, -0.05) is 19.1 Å². The van der Waals surface area contributed by atoms with Gasteiger partial charge in [0.2, 0.25) is 0 Å². The predicted octanol–water partition coefficient (Wildman–Crippen LogP) is 3.05. The van der Waals surface area contributed by atoms with Gasteiger partial charge >= 0.3 is 5.97 Å². The van der Waals surface area contributed by atoms with Gasteiger partial charge in [0, 0.05) is 4.88 Å². The van der Waals surface area contributed by atoms with Crippen LogP contribution in [0.25, 0.3) is 0 Å². The van der Waals surface area contributed by atoms with Gasteiger partial charge in [0.05, 0.1) is 12.1 Å². The number of carbonyl (C=O) groups is 2. The number of benzene rings is 1. The van der Waals surface area contributed by atoms with Crippen molar-refractivity contribution in [1.82, 2.24) is 4.98 Å². The molecule has 2 aromatic rings. The van der Waals surface area contributed by atoms with Crippen molar-refractivity contribution in [3.05, 3.63) is 40.4 Å². The van der Waals surface area contributed by atoms with Crippen LogP contribution in [-0.2, 0) is 22.4 Å². The molecule has 1 aromatic carbocycles. The molecule has 1 aromatic heterocycles. The highest BCUT2D eigenvalue weighted by Gasteiger charge is 2.12. The van der Waals surface area contributed by atoms with Crippen molar-refractivity contribution in [1.29, 1.82) is 0 Å². The Morgan fingerprint density at radius 3 is 2.88 bits per heavy atom. The fourth-order valence-corrected chi connectivity index (χ4v) is 3.07. The summed E-state index contributed by atoms with van der Waals surface area (Å²) in [6.07, 6.45) is 1.36. The van der Waals surface area contributed by atoms with E-state index in [4.69, 9.17) is 9.84 Å². The van der Waals surface area contributed by atoms with Crippen LogP contribution in [-0.4, -0.2) is 28.6 Å². The number of hydrogen-bond acceptors (Lipinski definition) is 5. The number of hydrogen-bond donors (Lipinski definition) is 2. The minimum absolute atomic E-state index is 0.0489. The van der Waals surface area contributed by atoms with Crippen LogP contribution in [0.2, 0.25) is 0 Å². The number of ether oxygens (including phenoxy) is 1. The molecule has 0 aliphatic carbocycles. The first-order valence-corrected chi connectivity index (χ1v) is 8.49. The standard InChI is InChI=1S/C17H20N2O4S/c1-3-12-5-4-6-13(9-12)23-10-15(20)19-17-18-11(2)14(24-17)7-8-16(21)22/h4-6,9H,3,7-8,10H2,1-2H3,(H,21,22)(H,18,19,20). The molecule has 0 spiro atoms. The van der Waals surface area contributed by atoms with E-state index in [-0.39, 0.29) is 18.9 Å². The third-order valence-electron chi connectivity index (χ3n) is 3.38. The molecule has 0 atom stereocenters. The molecule has 0 radical (unpaired) electrons. The van der Waals surface area contributed by atoms with Gasteiger partial charge in [0.15, 0.2) is 11.7 Å². The summed E-state index contributed by atoms with van der Waals surface area (Å²) in [4.78, 5) is 27.7. The van der Waals surface area contributed by atoms with Crippen LogP contribution >= 0.6 is 11.3 Å². The van der Waals surface area contributed by atoms with Crippen molar-refractivity contribution < 1.29 is 19.4 Å². The van der Waals surface area contributed by atoms with Crippen LogP contribution in [0.3, 0.4) is 0 Å². The van der Waals surface area contributed by atoms with Gasteiger partial charge in [0.1, 0.15) is 5.75 Å². The number of aromatic nitrogens is 1. The van der Waals surface area contributed by atoms with Crippen LogP contribution < -0.4 is 10.1 Å². The van der Waals surface area contributed by atoms with Crippen LogP contribution in [0, 0.1) is 6.92 Å². The third kappa shape index (κ3) is 5.34. The zero-order valence-electron chi connectivity index (χ0n) is 13.7. The van der Waals surface area contributed by atoms with E-state index in [1.54, 1.807) is 6.92 Å². The van der Waals surface area contributed by atoms with Crippen molar-refractivity contribution in [3.63, 3.8) is 0 Å². The molecule has 0 bridgehead atoms. The summed E-state index contributed by atoms with van der Waals surface area (Å²) in [6.45, 7) is 3.75. The molecule has 0 saturated carbocycles. The summed E-state index contributed by atoms with van der Waals surface area (Å²) in [6, 6.07) is 7.61. The number of carboxylic acid groups (broad SMARTS) is 1. The lowest BCUT2D eigenvalue weighted by atomic mass is 10.2. The van der Waals surface area contributed by atoms with E-state index in [2.05, 4.69) is 17.2 Å². The molecule has 24 heavy (non-hydrogen) atoms. The maximum absolute atomic E-state index is 12.0. The van der Waals surface area contributed by atoms with Crippen molar-refractivity contribution in [2.24, 2.45) is 0 Å². The second-order valence-electron chi connectivity index (χ2n) is 5.26. The average Bonchev–Trinajstić information content (AvgIpc) is 2.90. The van der Waals surface area contributed by atoms with Gasteiger partial charge in [-0.25, -0.2) is 4.98 Å². The molecule has 0 aliphatic rings. The zero-order chi connectivity index (χ0) is 17.5. The highest BCUT2D eigenvalue weighted by Crippen LogP contribution is 2.24. The van der Waals surface area contributed by atoms with Crippen LogP contribution in [0.5, 0.6) is 5.75 Å². The van der Waals surface area contributed by atoms with Crippen LogP contribution in [0.1, 0.15) is 29.5 Å². The van der Waals surface area contributed by atoms with E-state index in [0.717, 1.165) is 22.6 Å². The lowest BCUT2D eigenvalue weighted by Crippen LogP contribution is -2.20. The van der Waals surface area contributed by atoms with E-state index in [0.29, 0.717) is 17.3 Å². The Bertz CT molecular complexity index is 727. The highest BCUT2D eigenvalue weighted by molar-refractivity contribution is 7.15. The second-order valence-corrected chi connectivity index (χ2v) is 6.34. The number of anilines is 1. The Morgan fingerprint density at radius 2 is 2.17 bits per heavy atom. The van der Waals surface area contributed by atoms with Crippen molar-refractivity contribution in [2.75, 3.05) is 11.9 Å². The number of thiazole rings is 1. The summed E-state index contributed by atoms with van der Waals surface area (Å²) in [5.41, 5.74) is 1.89. The smallest absolute Gasteiger partial charge is 0.303 e. The SMILES string of the molecule is CCc1cccc(OCC(=O)Nc2nc(C)c(CCC(=O)O)s2)c1. The Hall–Kier alpha value is -2.41. The third-order valence-corrected chi connectivity index (χ3v) is 4.51. The summed E-state index contributed by atoms with van der Waals surface area (Å²) in [5, 5.41) is 11.9. The number of carboxylic acids is 1. The maximum Gasteiger partial charge on any atom is 0.303 e. The first-order chi connectivity index (χ1) is 11.5. The maximum atomic E-state index is 12.0. The lowest BCUT2D eigenvalue weighted by molar-refractivity contribution is -0.137. The Balaban J connectivity index is 1.87. The molecule has 2 N–H and O–H groups in total. The number of amides is 1. The number of aryl methyl sites for hydroxylation is 3. The number of aliphatic carboxylic acids is 1. The van der Waals surface area contributed by atoms with E-state index in [1.807, 2.05) is 24.3 Å². The molecule has 7 heteroatoms. The molecule has 0 fully saturated rings. The minimum atomic E-state index is -0.851. The van der Waals surface area contributed by atoms with E-state index in [9.17, 15) is 9.59 Å². The van der Waals surface area contributed by atoms with Gasteiger partial charge in [0.25, 0.3) is 5.91 Å². The normalized spacial score (nSPS) is 10.4. The fourth-order valence-electron chi connectivity index (χ4n) is 2.09. The Labute approximate surface area is 144 Å². The highest BCUT2D eigenvalue weighted by atomic mass is 32.1. The van der Waals surface area contributed by atoms with Crippen molar-refractivity contribution in [2.45, 2.75) is 33.1 Å². The quantitative estimate of drug-likeness (QED) is 0.765. The molecule has 0 aliphatic heterocycles. The van der Waals surface area contributed by atoms with Gasteiger partial charge in [-0.05, 0) is 37.5 Å². The lowest BCUT2D eigenvalue weighted by Gasteiger charge is -2.07. The first-order valence-electron chi connectivity index (χ1n) is 7.67. The van der Waals surface area contributed by atoms with Crippen LogP contribution in [0.4, 0.5) is 5.13 Å². The van der Waals surface area contributed by atoms with E-state index in [1.165, 1.54) is 11.3 Å². The number of nitrogens with zero attached hydrogens (tertiary/aromatic N) is 1. The second kappa shape index (κ2) is 8.44. The summed E-state index contributed by atoms with van der Waals surface area (Å²) in [7, 11) is 0. The number of rotatable bonds is 8. The molecule has 1 amide bonds. The number of nitrogens with one attached hydrogen (secondary N) is 1. The minimum Gasteiger partial charge on any atom is -0.484 e. The summed E-state index contributed by atoms with van der Waals surface area (Å²) in [5.74, 6) is -0.492. The van der Waals surface area contributed by atoms with Gasteiger partial charge in [-0.2, -0.15) is 0 Å². The average molecular weight is 348 g/mol. The molecular formula is C17H20N2O4S. The molecule has 128 valence electrons. The largest absolute Gasteiger partial charge is 0.484 e. The van der Waals surface area contributed by atoms with Gasteiger partial charge in [-0.3, -0.25) is 14.9 Å². The summed E-state index contributed by atoms with van der Waals surface area (Å²) >= 11 is 1.30. The molecule has 6 nitrogen and oxygen atoms in total. The topological polar surface area (TPSA) is 88.5 Å². The zero-order valence-corrected chi connectivity index (χ0v) is 14.5. The first kappa shape index (κ1) is 17.9. The Morgan fingerprint density at radius 1 is 1.38 bits per heavy atom. The van der Waals surface area contributed by atoms with Gasteiger partial charge in [-0.15, -0.1) is 11.3 Å². The summed E-state index contributed by atoms with van der Waals surface area (Å²) < 4.78 is 5.49. The molecular weight excluding hydrogens is 328 g/mol. The molecule has 2 rings (SSSR count). The van der Waals surface area contributed by atoms with Crippen molar-refractivity contribution >= 4 is 28.3 Å². The number of carbonyl (C=O) groups excluding carboxylic acids is 1. The van der Waals surface area contributed by atoms with Crippen LogP contribution in [0.15, 0.2) is 24.3 Å². The molecule has 0 unspecified atom stereocenters. The van der Waals surface area contributed by atoms with Crippen molar-refractivity contribution in [3.8, 4) is 5.75 Å². The predicted molar refractivity (Wildman–Crippen MR) is 92.8 cm³/mol. The fraction of sp³-hybridized carbons (Fsp3) is 0.353. The Kier molecular flexibility index (Phi) is 6.31. The van der Waals surface area contributed by atoms with Gasteiger partial charge < -0.3 is 9.84 Å². The van der Waals surface area contributed by atoms with E-state index < -0.39 is 5.97 Å². The van der Waals surface area contributed by atoms with E-state index >= 15 is 0 Å². The molecule has 0 saturated heterocycles. The molecule has 1 heterocycles.